The average molecular weight is 800 g/mol. The largest absolute Gasteiger partial charge is 0.278 e. The lowest BCUT2D eigenvalue weighted by atomic mass is 10.0. The van der Waals surface area contributed by atoms with E-state index in [1.807, 2.05) is 79.5 Å². The van der Waals surface area contributed by atoms with Crippen molar-refractivity contribution in [1.29, 1.82) is 0 Å². The number of pyridine rings is 3. The number of H-pyrrole nitrogens is 2. The highest BCUT2D eigenvalue weighted by Crippen LogP contribution is 2.26. The van der Waals surface area contributed by atoms with Crippen molar-refractivity contribution in [2.75, 3.05) is 0 Å². The first kappa shape index (κ1) is 38.9. The van der Waals surface area contributed by atoms with E-state index in [9.17, 15) is 0 Å². The third-order valence-corrected chi connectivity index (χ3v) is 10.4. The molecule has 12 rings (SSSR count). The van der Waals surface area contributed by atoms with Gasteiger partial charge in [-0.15, -0.1) is 0 Å². The van der Waals surface area contributed by atoms with Crippen LogP contribution >= 0.6 is 0 Å². The molecule has 7 heteroatoms. The normalized spacial score (nSPS) is 10.6. The first-order valence-corrected chi connectivity index (χ1v) is 20.4. The minimum atomic E-state index is 1.04. The second-order valence-corrected chi connectivity index (χ2v) is 14.5. The molecule has 0 aliphatic heterocycles. The Hall–Kier alpha value is -8.55. The van der Waals surface area contributed by atoms with Crippen LogP contribution < -0.4 is 0 Å². The van der Waals surface area contributed by atoms with Crippen molar-refractivity contribution in [3.8, 4) is 44.5 Å². The number of aromatic amines is 2. The summed E-state index contributed by atoms with van der Waals surface area (Å²) in [6.07, 6.45) is 11.0. The molecule has 0 aliphatic rings. The van der Waals surface area contributed by atoms with Crippen molar-refractivity contribution in [1.82, 2.24) is 35.3 Å². The van der Waals surface area contributed by atoms with Crippen LogP contribution in [0.15, 0.2) is 237 Å². The van der Waals surface area contributed by atoms with E-state index in [0.29, 0.717) is 0 Å². The van der Waals surface area contributed by atoms with Crippen molar-refractivity contribution in [2.45, 2.75) is 0 Å². The van der Waals surface area contributed by atoms with Crippen LogP contribution in [0.4, 0.5) is 0 Å². The fourth-order valence-electron chi connectivity index (χ4n) is 7.18. The second kappa shape index (κ2) is 19.0. The lowest BCUT2D eigenvalue weighted by molar-refractivity contribution is 1.12. The lowest BCUT2D eigenvalue weighted by Gasteiger charge is -2.02. The molecule has 296 valence electrons. The maximum absolute atomic E-state index is 4.32. The zero-order chi connectivity index (χ0) is 41.8. The third kappa shape index (κ3) is 9.49. The quantitative estimate of drug-likeness (QED) is 0.185. The molecule has 2 N–H and O–H groups in total. The molecule has 0 bridgehead atoms. The van der Waals surface area contributed by atoms with Gasteiger partial charge in [0.15, 0.2) is 0 Å². The van der Waals surface area contributed by atoms with E-state index in [0.717, 1.165) is 44.0 Å². The van der Waals surface area contributed by atoms with Gasteiger partial charge >= 0.3 is 0 Å². The Morgan fingerprint density at radius 2 is 0.661 bits per heavy atom. The molecule has 12 aromatic rings. The molecular formula is C55H41N7. The highest BCUT2D eigenvalue weighted by atomic mass is 15.1. The Bertz CT molecular complexity index is 3070. The van der Waals surface area contributed by atoms with Crippen molar-refractivity contribution in [2.24, 2.45) is 0 Å². The molecule has 5 heterocycles. The number of benzene rings is 7. The van der Waals surface area contributed by atoms with Crippen LogP contribution in [-0.2, 0) is 0 Å². The van der Waals surface area contributed by atoms with Crippen LogP contribution in [0.5, 0.6) is 0 Å². The van der Waals surface area contributed by atoms with Crippen LogP contribution in [0, 0.1) is 0 Å². The van der Waals surface area contributed by atoms with Gasteiger partial charge in [0.05, 0.1) is 34.5 Å². The molecule has 0 spiro atoms. The van der Waals surface area contributed by atoms with Gasteiger partial charge in [-0.25, -0.2) is 0 Å². The highest BCUT2D eigenvalue weighted by molar-refractivity contribution is 5.87. The molecule has 0 atom stereocenters. The number of hydrogen-bond donors (Lipinski definition) is 2. The van der Waals surface area contributed by atoms with Gasteiger partial charge in [0.2, 0.25) is 0 Å². The van der Waals surface area contributed by atoms with Crippen LogP contribution in [-0.4, -0.2) is 35.3 Å². The summed E-state index contributed by atoms with van der Waals surface area (Å²) in [4.78, 5) is 12.7. The Balaban J connectivity index is 0.000000105. The first-order chi connectivity index (χ1) is 30.7. The van der Waals surface area contributed by atoms with E-state index in [1.165, 1.54) is 44.2 Å². The van der Waals surface area contributed by atoms with E-state index in [4.69, 9.17) is 0 Å². The summed E-state index contributed by atoms with van der Waals surface area (Å²) in [5.41, 5.74) is 13.9. The van der Waals surface area contributed by atoms with Crippen molar-refractivity contribution < 1.29 is 0 Å². The van der Waals surface area contributed by atoms with E-state index in [1.54, 1.807) is 6.20 Å². The maximum Gasteiger partial charge on any atom is 0.0702 e. The van der Waals surface area contributed by atoms with Gasteiger partial charge in [0, 0.05) is 51.9 Å². The zero-order valence-electron chi connectivity index (χ0n) is 33.8. The number of fused-ring (bicyclic) bond motifs is 4. The molecule has 0 saturated heterocycles. The molecule has 0 aliphatic carbocycles. The van der Waals surface area contributed by atoms with E-state index in [-0.39, 0.29) is 0 Å². The summed E-state index contributed by atoms with van der Waals surface area (Å²) < 4.78 is 0. The smallest absolute Gasteiger partial charge is 0.0702 e. The summed E-state index contributed by atoms with van der Waals surface area (Å²) in [7, 11) is 0. The Morgan fingerprint density at radius 1 is 0.274 bits per heavy atom. The number of aromatic nitrogens is 7. The number of hydrogen-bond acceptors (Lipinski definition) is 5. The Kier molecular flexibility index (Phi) is 11.9. The number of nitrogens with one attached hydrogen (secondary N) is 2. The summed E-state index contributed by atoms with van der Waals surface area (Å²) in [6, 6.07) is 68.5. The van der Waals surface area contributed by atoms with E-state index >= 15 is 0 Å². The molecule has 0 saturated carbocycles. The van der Waals surface area contributed by atoms with Crippen LogP contribution in [0.2, 0.25) is 0 Å². The minimum absolute atomic E-state index is 1.04. The molecule has 0 fully saturated rings. The predicted octanol–water partition coefficient (Wildman–Crippen LogP) is 13.7. The standard InChI is InChI=1S/2C15H11N.C13H10N2.C12H9N3/c2*1-2-5-12(6-3-1)13-8-9-15-14(11-13)7-4-10-16-15;1-2-4-10(5-3-1)11-6-7-13-12(8-11)9-14-15-13;1-2-10(7-13-5-1)9-3-4-12-11(6-9)8-14-15-12/h2*1-11H;1-9H,(H,14,15);1-8H,(H,14,15). The average Bonchev–Trinajstić information content (AvgIpc) is 4.05. The molecule has 0 unspecified atom stereocenters. The minimum Gasteiger partial charge on any atom is -0.278 e. The molecule has 7 nitrogen and oxygen atoms in total. The summed E-state index contributed by atoms with van der Waals surface area (Å²) >= 11 is 0. The highest BCUT2D eigenvalue weighted by Gasteiger charge is 2.03. The lowest BCUT2D eigenvalue weighted by Crippen LogP contribution is -1.80. The fraction of sp³-hybridized carbons (Fsp3) is 0. The van der Waals surface area contributed by atoms with Gasteiger partial charge in [-0.2, -0.15) is 10.2 Å². The van der Waals surface area contributed by atoms with Gasteiger partial charge in [-0.3, -0.25) is 25.1 Å². The van der Waals surface area contributed by atoms with Gasteiger partial charge < -0.3 is 0 Å². The molecule has 5 aromatic heterocycles. The zero-order valence-corrected chi connectivity index (χ0v) is 33.8. The van der Waals surface area contributed by atoms with Crippen LogP contribution in [0.1, 0.15) is 0 Å². The van der Waals surface area contributed by atoms with Gasteiger partial charge in [-0.05, 0) is 106 Å². The SMILES string of the molecule is c1ccc(-c2ccc3[nH]ncc3c2)cc1.c1ccc(-c2ccc3ncccc3c2)cc1.c1ccc(-c2ccc3ncccc3c2)cc1.c1cncc(-c2ccc3[nH]ncc3c2)c1. The first-order valence-electron chi connectivity index (χ1n) is 20.4. The third-order valence-electron chi connectivity index (χ3n) is 10.4. The fourth-order valence-corrected chi connectivity index (χ4v) is 7.18. The topological polar surface area (TPSA) is 96.0 Å². The van der Waals surface area contributed by atoms with Crippen LogP contribution in [0.3, 0.4) is 0 Å². The van der Waals surface area contributed by atoms with Gasteiger partial charge in [0.1, 0.15) is 0 Å². The monoisotopic (exact) mass is 799 g/mol. The van der Waals surface area contributed by atoms with Crippen molar-refractivity contribution in [3.05, 3.63) is 237 Å². The van der Waals surface area contributed by atoms with Crippen molar-refractivity contribution in [3.63, 3.8) is 0 Å². The Labute approximate surface area is 359 Å². The molecule has 0 radical (unpaired) electrons. The van der Waals surface area contributed by atoms with Crippen LogP contribution in [0.25, 0.3) is 88.1 Å². The van der Waals surface area contributed by atoms with E-state index in [2.05, 4.69) is 187 Å². The summed E-state index contributed by atoms with van der Waals surface area (Å²) in [6.45, 7) is 0. The summed E-state index contributed by atoms with van der Waals surface area (Å²) in [5, 5.41) is 18.5. The maximum atomic E-state index is 4.32. The van der Waals surface area contributed by atoms with E-state index < -0.39 is 0 Å². The van der Waals surface area contributed by atoms with Crippen molar-refractivity contribution >= 4 is 43.6 Å². The number of rotatable bonds is 4. The summed E-state index contributed by atoms with van der Waals surface area (Å²) in [5.74, 6) is 0. The number of nitrogens with zero attached hydrogens (tertiary/aromatic N) is 5. The Morgan fingerprint density at radius 3 is 1.10 bits per heavy atom. The molecule has 7 aromatic carbocycles. The van der Waals surface area contributed by atoms with Gasteiger partial charge in [0.25, 0.3) is 0 Å². The predicted molar refractivity (Wildman–Crippen MR) is 255 cm³/mol. The molecular weight excluding hydrogens is 759 g/mol. The molecule has 62 heavy (non-hydrogen) atoms. The second-order valence-electron chi connectivity index (χ2n) is 14.5. The van der Waals surface area contributed by atoms with Gasteiger partial charge in [-0.1, -0.05) is 133 Å². The molecule has 0 amide bonds.